The van der Waals surface area contributed by atoms with E-state index in [2.05, 4.69) is 102 Å². The molecule has 1 N–H and O–H groups in total. The van der Waals surface area contributed by atoms with Crippen molar-refractivity contribution in [2.24, 2.45) is 4.99 Å². The highest BCUT2D eigenvalue weighted by atomic mass is 32.2. The summed E-state index contributed by atoms with van der Waals surface area (Å²) in [6.07, 6.45) is 12.5. The molecule has 45 heavy (non-hydrogen) atoms. The van der Waals surface area contributed by atoms with Crippen molar-refractivity contribution in [1.82, 2.24) is 0 Å². The molecule has 4 heteroatoms. The van der Waals surface area contributed by atoms with Crippen LogP contribution in [0, 0.1) is 17.8 Å². The zero-order valence-electron chi connectivity index (χ0n) is 24.7. The lowest BCUT2D eigenvalue weighted by Gasteiger charge is -2.20. The van der Waals surface area contributed by atoms with Gasteiger partial charge in [-0.05, 0) is 104 Å². The Balaban J connectivity index is 1.40. The predicted octanol–water partition coefficient (Wildman–Crippen LogP) is 11.0. The van der Waals surface area contributed by atoms with E-state index >= 15 is 0 Å². The van der Waals surface area contributed by atoms with E-state index < -0.39 is 0 Å². The van der Waals surface area contributed by atoms with Gasteiger partial charge in [-0.1, -0.05) is 103 Å². The molecule has 6 aromatic rings. The molecule has 3 nitrogen and oxygen atoms in total. The molecule has 1 aliphatic rings. The van der Waals surface area contributed by atoms with E-state index in [4.69, 9.17) is 16.6 Å². The van der Waals surface area contributed by atoms with Crippen LogP contribution in [0.3, 0.4) is 0 Å². The summed E-state index contributed by atoms with van der Waals surface area (Å²) in [4.78, 5) is 6.17. The topological polar surface area (TPSA) is 45.4 Å². The molecule has 7 rings (SSSR count). The minimum atomic E-state index is 0.108. The first-order chi connectivity index (χ1) is 22.1. The second kappa shape index (κ2) is 11.8. The van der Waals surface area contributed by atoms with Crippen LogP contribution in [0.15, 0.2) is 148 Å². The maximum absolute atomic E-state index is 8.70. The molecular formula is C41H28N2OS. The highest BCUT2D eigenvalue weighted by Crippen LogP contribution is 2.45. The van der Waals surface area contributed by atoms with E-state index in [-0.39, 0.29) is 5.84 Å². The van der Waals surface area contributed by atoms with Gasteiger partial charge in [-0.25, -0.2) is 4.99 Å². The van der Waals surface area contributed by atoms with Crippen LogP contribution in [0.25, 0.3) is 54.6 Å². The zero-order chi connectivity index (χ0) is 30.9. The number of thioether (sulfide) groups is 1. The van der Waals surface area contributed by atoms with Crippen LogP contribution in [0.1, 0.15) is 12.5 Å². The number of nitrogens with one attached hydrogen (secondary N) is 1. The summed E-state index contributed by atoms with van der Waals surface area (Å²) in [5.41, 5.74) is 4.71. The average Bonchev–Trinajstić information content (AvgIpc) is 3.10. The number of nitrogens with zero attached hydrogens (tertiary/aromatic N) is 1. The molecule has 0 atom stereocenters. The molecule has 0 saturated carbocycles. The Morgan fingerprint density at radius 2 is 1.38 bits per heavy atom. The second-order valence-electron chi connectivity index (χ2n) is 10.7. The van der Waals surface area contributed by atoms with Crippen LogP contribution in [0.2, 0.25) is 0 Å². The smallest absolute Gasteiger partial charge is 0.152 e. The van der Waals surface area contributed by atoms with Crippen molar-refractivity contribution in [3.05, 3.63) is 144 Å². The number of rotatable bonds is 5. The van der Waals surface area contributed by atoms with Crippen LogP contribution in [-0.4, -0.2) is 12.1 Å². The highest BCUT2D eigenvalue weighted by Gasteiger charge is 2.19. The van der Waals surface area contributed by atoms with Gasteiger partial charge in [-0.2, -0.15) is 0 Å². The van der Waals surface area contributed by atoms with Gasteiger partial charge in [0.2, 0.25) is 0 Å². The van der Waals surface area contributed by atoms with Crippen LogP contribution < -0.4 is 4.74 Å². The number of benzene rings is 6. The SMILES string of the molecule is C#C/C=N\C(=N)c1cc(-c2ccc3c(c2)SC(C=C)=C(/C=C\C)O3)cc(-c2ccc3c4ccccc4c4ccccc4c3c2)c1. The van der Waals surface area contributed by atoms with E-state index in [1.165, 1.54) is 38.5 Å². The molecule has 0 unspecified atom stereocenters. The van der Waals surface area contributed by atoms with Crippen molar-refractivity contribution in [3.63, 3.8) is 0 Å². The Morgan fingerprint density at radius 1 is 0.778 bits per heavy atom. The minimum absolute atomic E-state index is 0.108. The quantitative estimate of drug-likeness (QED) is 0.0931. The van der Waals surface area contributed by atoms with Gasteiger partial charge in [0.1, 0.15) is 11.5 Å². The molecule has 214 valence electrons. The Bertz CT molecular complexity index is 2300. The first kappa shape index (κ1) is 28.2. The first-order valence-corrected chi connectivity index (χ1v) is 15.5. The number of aliphatic imine (C=N–C) groups is 1. The van der Waals surface area contributed by atoms with Gasteiger partial charge in [0.05, 0.1) is 16.0 Å². The number of amidine groups is 1. The second-order valence-corrected chi connectivity index (χ2v) is 11.8. The molecule has 1 aliphatic heterocycles. The Morgan fingerprint density at radius 3 is 2.00 bits per heavy atom. The van der Waals surface area contributed by atoms with Gasteiger partial charge in [-0.15, -0.1) is 6.42 Å². The third kappa shape index (κ3) is 5.14. The lowest BCUT2D eigenvalue weighted by Crippen LogP contribution is -2.02. The molecule has 0 bridgehead atoms. The third-order valence-electron chi connectivity index (χ3n) is 8.02. The molecule has 0 fully saturated rings. The lowest BCUT2D eigenvalue weighted by atomic mass is 9.90. The molecule has 6 aromatic carbocycles. The van der Waals surface area contributed by atoms with Crippen LogP contribution in [-0.2, 0) is 0 Å². The summed E-state index contributed by atoms with van der Waals surface area (Å²) in [5.74, 6) is 4.11. The molecule has 0 aliphatic carbocycles. The van der Waals surface area contributed by atoms with E-state index in [1.54, 1.807) is 11.8 Å². The fraction of sp³-hybridized carbons (Fsp3) is 0.0244. The number of fused-ring (bicyclic) bond motifs is 7. The molecule has 0 radical (unpaired) electrons. The van der Waals surface area contributed by atoms with Crippen LogP contribution in [0.4, 0.5) is 0 Å². The fourth-order valence-corrected chi connectivity index (χ4v) is 6.89. The minimum Gasteiger partial charge on any atom is -0.455 e. The molecule has 1 heterocycles. The normalized spacial score (nSPS) is 13.0. The summed E-state index contributed by atoms with van der Waals surface area (Å²) >= 11 is 1.64. The number of ether oxygens (including phenoxy) is 1. The van der Waals surface area contributed by atoms with Crippen molar-refractivity contribution in [1.29, 1.82) is 5.41 Å². The Labute approximate surface area is 266 Å². The van der Waals surface area contributed by atoms with E-state index in [9.17, 15) is 0 Å². The zero-order valence-corrected chi connectivity index (χ0v) is 25.5. The molecular weight excluding hydrogens is 569 g/mol. The molecule has 0 aromatic heterocycles. The summed E-state index contributed by atoms with van der Waals surface area (Å²) in [7, 11) is 0. The predicted molar refractivity (Wildman–Crippen MR) is 193 cm³/mol. The van der Waals surface area contributed by atoms with E-state index in [0.717, 1.165) is 43.6 Å². The standard InChI is InChI=1S/C41H28N2OS/c1-4-11-37-39(6-3)45-40-25-27(17-19-38(40)44-37)29-21-28(22-30(23-29)41(42)43-20-5-2)26-16-18-35-33-14-8-7-12-31(33)32-13-9-10-15-34(32)36(35)24-26/h2,4,6-25,42H,3H2,1H3/b11-4-,42-41?,43-20-. The fourth-order valence-electron chi connectivity index (χ4n) is 5.96. The molecule has 0 amide bonds. The van der Waals surface area contributed by atoms with Gasteiger partial charge in [-0.3, -0.25) is 5.41 Å². The van der Waals surface area contributed by atoms with Crippen molar-refractivity contribution in [2.75, 3.05) is 0 Å². The third-order valence-corrected chi connectivity index (χ3v) is 9.14. The largest absolute Gasteiger partial charge is 0.455 e. The number of hydrogen-bond acceptors (Lipinski definition) is 3. The van der Waals surface area contributed by atoms with Crippen molar-refractivity contribution in [2.45, 2.75) is 11.8 Å². The van der Waals surface area contributed by atoms with Crippen LogP contribution in [0.5, 0.6) is 5.75 Å². The summed E-state index contributed by atoms with van der Waals surface area (Å²) in [6, 6.07) is 36.2. The summed E-state index contributed by atoms with van der Waals surface area (Å²) in [5, 5.41) is 16.0. The van der Waals surface area contributed by atoms with Gasteiger partial charge in [0.15, 0.2) is 5.84 Å². The maximum Gasteiger partial charge on any atom is 0.152 e. The van der Waals surface area contributed by atoms with Gasteiger partial charge < -0.3 is 4.74 Å². The van der Waals surface area contributed by atoms with Gasteiger partial charge >= 0.3 is 0 Å². The number of hydrogen-bond donors (Lipinski definition) is 1. The van der Waals surface area contributed by atoms with E-state index in [1.807, 2.05) is 43.4 Å². The highest BCUT2D eigenvalue weighted by molar-refractivity contribution is 8.03. The van der Waals surface area contributed by atoms with Crippen LogP contribution >= 0.6 is 11.8 Å². The molecule has 0 spiro atoms. The number of allylic oxidation sites excluding steroid dienone is 3. The van der Waals surface area contributed by atoms with Gasteiger partial charge in [0, 0.05) is 5.56 Å². The van der Waals surface area contributed by atoms with Crippen molar-refractivity contribution in [3.8, 4) is 40.3 Å². The van der Waals surface area contributed by atoms with Gasteiger partial charge in [0.25, 0.3) is 0 Å². The van der Waals surface area contributed by atoms with Crippen molar-refractivity contribution >= 4 is 56.1 Å². The lowest BCUT2D eigenvalue weighted by molar-refractivity contribution is 0.429. The number of terminal acetylenes is 1. The summed E-state index contributed by atoms with van der Waals surface area (Å²) < 4.78 is 6.20. The monoisotopic (exact) mass is 596 g/mol. The molecule has 0 saturated heterocycles. The Hall–Kier alpha value is -5.63. The first-order valence-electron chi connectivity index (χ1n) is 14.6. The summed E-state index contributed by atoms with van der Waals surface area (Å²) in [6.45, 7) is 5.95. The average molecular weight is 597 g/mol. The maximum atomic E-state index is 8.70. The van der Waals surface area contributed by atoms with E-state index in [0.29, 0.717) is 5.56 Å². The van der Waals surface area contributed by atoms with Crippen molar-refractivity contribution < 1.29 is 4.74 Å². The Kier molecular flexibility index (Phi) is 7.39.